The lowest BCUT2D eigenvalue weighted by Gasteiger charge is -2.21. The van der Waals surface area contributed by atoms with Crippen LogP contribution in [-0.2, 0) is 0 Å². The van der Waals surface area contributed by atoms with Gasteiger partial charge in [-0.3, -0.25) is 0 Å². The van der Waals surface area contributed by atoms with Gasteiger partial charge in [0.15, 0.2) is 11.5 Å². The van der Waals surface area contributed by atoms with Gasteiger partial charge in [-0.05, 0) is 55.8 Å². The predicted molar refractivity (Wildman–Crippen MR) is 87.1 cm³/mol. The smallest absolute Gasteiger partial charge is 0.161 e. The van der Waals surface area contributed by atoms with E-state index in [-0.39, 0.29) is 6.04 Å². The van der Waals surface area contributed by atoms with Crippen LogP contribution in [0.15, 0.2) is 42.5 Å². The van der Waals surface area contributed by atoms with Gasteiger partial charge in [-0.2, -0.15) is 0 Å². The molecule has 3 rings (SSSR count). The monoisotopic (exact) mass is 299 g/mol. The summed E-state index contributed by atoms with van der Waals surface area (Å²) in [5, 5.41) is 3.48. The summed E-state index contributed by atoms with van der Waals surface area (Å²) in [5.41, 5.74) is 2.23. The topological polar surface area (TPSA) is 39.7 Å². The fraction of sp³-hybridized carbons (Fsp3) is 0.333. The number of benzene rings is 2. The third-order valence-electron chi connectivity index (χ3n) is 3.61. The Morgan fingerprint density at radius 2 is 1.77 bits per heavy atom. The van der Waals surface area contributed by atoms with E-state index in [0.717, 1.165) is 28.5 Å². The molecule has 1 atom stereocenters. The summed E-state index contributed by atoms with van der Waals surface area (Å²) in [4.78, 5) is 0. The average Bonchev–Trinajstić information content (AvgIpc) is 2.56. The van der Waals surface area contributed by atoms with Gasteiger partial charge in [0.1, 0.15) is 19.0 Å². The first-order valence-electron chi connectivity index (χ1n) is 7.65. The van der Waals surface area contributed by atoms with Crippen molar-refractivity contribution in [3.63, 3.8) is 0 Å². The molecule has 0 amide bonds. The highest BCUT2D eigenvalue weighted by Crippen LogP contribution is 2.33. The number of rotatable bonds is 5. The molecule has 0 saturated carbocycles. The number of hydrogen-bond acceptors (Lipinski definition) is 4. The standard InChI is InChI=1S/C18H21NO3/c1-3-20-16-7-5-15(6-8-16)19-13(2)14-4-9-17-18(12-14)22-11-10-21-17/h4-9,12-13,19H,3,10-11H2,1-2H3. The zero-order valence-corrected chi connectivity index (χ0v) is 13.0. The number of ether oxygens (including phenoxy) is 3. The van der Waals surface area contributed by atoms with Crippen molar-refractivity contribution in [2.45, 2.75) is 19.9 Å². The highest BCUT2D eigenvalue weighted by Gasteiger charge is 2.14. The molecule has 0 aromatic heterocycles. The van der Waals surface area contributed by atoms with Gasteiger partial charge in [0.2, 0.25) is 0 Å². The maximum atomic E-state index is 5.64. The summed E-state index contributed by atoms with van der Waals surface area (Å²) >= 11 is 0. The molecule has 0 bridgehead atoms. The van der Waals surface area contributed by atoms with Crippen LogP contribution in [0.1, 0.15) is 25.5 Å². The highest BCUT2D eigenvalue weighted by atomic mass is 16.6. The Morgan fingerprint density at radius 3 is 2.50 bits per heavy atom. The Bertz CT molecular complexity index is 625. The molecule has 0 aliphatic carbocycles. The number of hydrogen-bond donors (Lipinski definition) is 1. The quantitative estimate of drug-likeness (QED) is 0.905. The lowest BCUT2D eigenvalue weighted by atomic mass is 10.1. The zero-order valence-electron chi connectivity index (χ0n) is 13.0. The fourth-order valence-electron chi connectivity index (χ4n) is 2.48. The van der Waals surface area contributed by atoms with E-state index in [1.54, 1.807) is 0 Å². The Hall–Kier alpha value is -2.36. The molecule has 116 valence electrons. The van der Waals surface area contributed by atoms with Crippen LogP contribution in [0.5, 0.6) is 17.2 Å². The van der Waals surface area contributed by atoms with Crippen molar-refractivity contribution >= 4 is 5.69 Å². The summed E-state index contributed by atoms with van der Waals surface area (Å²) in [6.07, 6.45) is 0. The van der Waals surface area contributed by atoms with Gasteiger partial charge in [0.25, 0.3) is 0 Å². The van der Waals surface area contributed by atoms with Gasteiger partial charge in [-0.1, -0.05) is 6.07 Å². The summed E-state index contributed by atoms with van der Waals surface area (Å²) in [7, 11) is 0. The van der Waals surface area contributed by atoms with E-state index in [4.69, 9.17) is 14.2 Å². The molecular formula is C18H21NO3. The van der Waals surface area contributed by atoms with Gasteiger partial charge in [-0.25, -0.2) is 0 Å². The Balaban J connectivity index is 1.69. The van der Waals surface area contributed by atoms with Crippen LogP contribution in [0.2, 0.25) is 0 Å². The number of nitrogens with one attached hydrogen (secondary N) is 1. The van der Waals surface area contributed by atoms with E-state index in [1.165, 1.54) is 0 Å². The first-order valence-corrected chi connectivity index (χ1v) is 7.65. The molecule has 4 heteroatoms. The minimum atomic E-state index is 0.175. The van der Waals surface area contributed by atoms with Crippen molar-refractivity contribution in [1.82, 2.24) is 0 Å². The lowest BCUT2D eigenvalue weighted by molar-refractivity contribution is 0.171. The molecule has 2 aromatic rings. The maximum absolute atomic E-state index is 5.64. The molecule has 0 spiro atoms. The van der Waals surface area contributed by atoms with Crippen LogP contribution in [0.3, 0.4) is 0 Å². The molecule has 0 saturated heterocycles. The van der Waals surface area contributed by atoms with Gasteiger partial charge < -0.3 is 19.5 Å². The van der Waals surface area contributed by atoms with Crippen molar-refractivity contribution in [2.24, 2.45) is 0 Å². The van der Waals surface area contributed by atoms with Crippen LogP contribution >= 0.6 is 0 Å². The largest absolute Gasteiger partial charge is 0.494 e. The van der Waals surface area contributed by atoms with Crippen molar-refractivity contribution in [3.8, 4) is 17.2 Å². The molecule has 1 heterocycles. The van der Waals surface area contributed by atoms with Crippen molar-refractivity contribution in [2.75, 3.05) is 25.1 Å². The van der Waals surface area contributed by atoms with Crippen molar-refractivity contribution < 1.29 is 14.2 Å². The van der Waals surface area contributed by atoms with Gasteiger partial charge >= 0.3 is 0 Å². The van der Waals surface area contributed by atoms with E-state index in [0.29, 0.717) is 19.8 Å². The minimum Gasteiger partial charge on any atom is -0.494 e. The fourth-order valence-corrected chi connectivity index (χ4v) is 2.48. The number of anilines is 1. The van der Waals surface area contributed by atoms with Crippen LogP contribution < -0.4 is 19.5 Å². The van der Waals surface area contributed by atoms with Gasteiger partial charge in [0, 0.05) is 11.7 Å². The Labute approximate surface area is 131 Å². The second kappa shape index (κ2) is 6.60. The van der Waals surface area contributed by atoms with Crippen LogP contribution in [0.4, 0.5) is 5.69 Å². The molecule has 1 aliphatic heterocycles. The summed E-state index contributed by atoms with van der Waals surface area (Å²) in [5.74, 6) is 2.53. The third-order valence-corrected chi connectivity index (χ3v) is 3.61. The van der Waals surface area contributed by atoms with E-state index < -0.39 is 0 Å². The van der Waals surface area contributed by atoms with Crippen molar-refractivity contribution in [1.29, 1.82) is 0 Å². The molecule has 4 nitrogen and oxygen atoms in total. The van der Waals surface area contributed by atoms with E-state index in [9.17, 15) is 0 Å². The first kappa shape index (κ1) is 14.6. The predicted octanol–water partition coefficient (Wildman–Crippen LogP) is 4.03. The molecular weight excluding hydrogens is 278 g/mol. The van der Waals surface area contributed by atoms with Gasteiger partial charge in [-0.15, -0.1) is 0 Å². The van der Waals surface area contributed by atoms with Crippen molar-refractivity contribution in [3.05, 3.63) is 48.0 Å². The molecule has 1 unspecified atom stereocenters. The van der Waals surface area contributed by atoms with Gasteiger partial charge in [0.05, 0.1) is 6.61 Å². The van der Waals surface area contributed by atoms with Crippen LogP contribution in [0, 0.1) is 0 Å². The SMILES string of the molecule is CCOc1ccc(NC(C)c2ccc3c(c2)OCCO3)cc1. The summed E-state index contributed by atoms with van der Waals surface area (Å²) in [6.45, 7) is 6.02. The first-order chi connectivity index (χ1) is 10.8. The molecule has 0 fully saturated rings. The maximum Gasteiger partial charge on any atom is 0.161 e. The molecule has 1 aliphatic rings. The van der Waals surface area contributed by atoms with E-state index in [1.807, 2.05) is 43.3 Å². The molecule has 0 radical (unpaired) electrons. The average molecular weight is 299 g/mol. The second-order valence-corrected chi connectivity index (χ2v) is 5.23. The summed E-state index contributed by atoms with van der Waals surface area (Å²) in [6, 6.07) is 14.3. The highest BCUT2D eigenvalue weighted by molar-refractivity contribution is 5.50. The molecule has 2 aromatic carbocycles. The molecule has 22 heavy (non-hydrogen) atoms. The minimum absolute atomic E-state index is 0.175. The normalized spacial score (nSPS) is 14.3. The second-order valence-electron chi connectivity index (χ2n) is 5.23. The van der Waals surface area contributed by atoms with Crippen LogP contribution in [-0.4, -0.2) is 19.8 Å². The lowest BCUT2D eigenvalue weighted by Crippen LogP contribution is -2.16. The van der Waals surface area contributed by atoms with E-state index >= 15 is 0 Å². The number of fused-ring (bicyclic) bond motifs is 1. The Morgan fingerprint density at radius 1 is 1.05 bits per heavy atom. The molecule has 1 N–H and O–H groups in total. The Kier molecular flexibility index (Phi) is 4.37. The third kappa shape index (κ3) is 3.27. The summed E-state index contributed by atoms with van der Waals surface area (Å²) < 4.78 is 16.6. The zero-order chi connectivity index (χ0) is 15.4. The van der Waals surface area contributed by atoms with Crippen LogP contribution in [0.25, 0.3) is 0 Å². The van der Waals surface area contributed by atoms with E-state index in [2.05, 4.69) is 18.3 Å².